The number of aliphatic hydroxyl groups is 1. The third kappa shape index (κ3) is 2.47. The van der Waals surface area contributed by atoms with Gasteiger partial charge in [0.25, 0.3) is 0 Å². The Hall–Kier alpha value is -1.14. The third-order valence-corrected chi connectivity index (χ3v) is 4.17. The summed E-state index contributed by atoms with van der Waals surface area (Å²) in [5, 5.41) is 12.9. The monoisotopic (exact) mass is 326 g/mol. The molecule has 1 aliphatic carbocycles. The highest BCUT2D eigenvalue weighted by Crippen LogP contribution is 2.35. The van der Waals surface area contributed by atoms with Crippen LogP contribution in [0.3, 0.4) is 0 Å². The lowest BCUT2D eigenvalue weighted by atomic mass is 9.92. The molecule has 1 fully saturated rings. The van der Waals surface area contributed by atoms with Crippen molar-refractivity contribution in [2.45, 2.75) is 37.8 Å². The summed E-state index contributed by atoms with van der Waals surface area (Å²) in [6, 6.07) is 0.361. The molecule has 0 spiro atoms. The van der Waals surface area contributed by atoms with E-state index in [9.17, 15) is 5.11 Å². The number of nitrogens with zero attached hydrogens (tertiary/aromatic N) is 3. The Balaban J connectivity index is 1.92. The van der Waals surface area contributed by atoms with Crippen molar-refractivity contribution in [1.29, 1.82) is 0 Å². The second-order valence-electron chi connectivity index (χ2n) is 5.12. The summed E-state index contributed by atoms with van der Waals surface area (Å²) in [6.45, 7) is 4.83. The first-order valence-corrected chi connectivity index (χ1v) is 7.36. The zero-order chi connectivity index (χ0) is 13.4. The first kappa shape index (κ1) is 12.9. The van der Waals surface area contributed by atoms with E-state index >= 15 is 0 Å². The van der Waals surface area contributed by atoms with Gasteiger partial charge in [-0.15, -0.1) is 0 Å². The summed E-state index contributed by atoms with van der Waals surface area (Å²) in [7, 11) is 0. The van der Waals surface area contributed by atoms with Gasteiger partial charge in [0.15, 0.2) is 11.6 Å². The maximum Gasteiger partial charge on any atom is 0.177 e. The molecule has 5 nitrogen and oxygen atoms in total. The molecule has 19 heavy (non-hydrogen) atoms. The average Bonchev–Trinajstić information content (AvgIpc) is 2.40. The Kier molecular flexibility index (Phi) is 3.45. The Morgan fingerprint density at radius 3 is 2.84 bits per heavy atom. The molecule has 2 N–H and O–H groups in total. The van der Waals surface area contributed by atoms with Crippen molar-refractivity contribution in [2.24, 2.45) is 0 Å². The Labute approximate surface area is 120 Å². The lowest BCUT2D eigenvalue weighted by Gasteiger charge is -2.40. The molecule has 2 heterocycles. The summed E-state index contributed by atoms with van der Waals surface area (Å²) in [4.78, 5) is 11.1. The molecule has 2 aliphatic rings. The van der Waals surface area contributed by atoms with Crippen molar-refractivity contribution in [3.05, 3.63) is 23.1 Å². The van der Waals surface area contributed by atoms with Gasteiger partial charge in [-0.05, 0) is 41.6 Å². The molecule has 0 bridgehead atoms. The van der Waals surface area contributed by atoms with E-state index in [0.717, 1.165) is 47.6 Å². The summed E-state index contributed by atoms with van der Waals surface area (Å²) >= 11 is 3.37. The van der Waals surface area contributed by atoms with Crippen LogP contribution in [0.2, 0.25) is 0 Å². The molecule has 0 amide bonds. The number of halogens is 1. The van der Waals surface area contributed by atoms with Crippen LogP contribution < -0.4 is 10.2 Å². The minimum absolute atomic E-state index is 0.152. The zero-order valence-corrected chi connectivity index (χ0v) is 12.2. The molecule has 6 heteroatoms. The second-order valence-corrected chi connectivity index (χ2v) is 5.93. The van der Waals surface area contributed by atoms with Crippen molar-refractivity contribution in [3.63, 3.8) is 0 Å². The highest BCUT2D eigenvalue weighted by molar-refractivity contribution is 9.10. The van der Waals surface area contributed by atoms with Crippen LogP contribution in [0.5, 0.6) is 0 Å². The van der Waals surface area contributed by atoms with Gasteiger partial charge in [-0.3, -0.25) is 0 Å². The highest BCUT2D eigenvalue weighted by atomic mass is 79.9. The molecule has 1 aromatic rings. The zero-order valence-electron chi connectivity index (χ0n) is 10.6. The minimum atomic E-state index is -0.152. The van der Waals surface area contributed by atoms with E-state index in [1.807, 2.05) is 0 Å². The SMILES string of the molecule is C=[13C]1[13CH2]Nc2ncc(Br)nc2N1[C@H]1CC[C@H](O)CC1. The molecule has 0 radical (unpaired) electrons. The largest absolute Gasteiger partial charge is 0.393 e. The van der Waals surface area contributed by atoms with Gasteiger partial charge < -0.3 is 15.3 Å². The lowest BCUT2D eigenvalue weighted by Crippen LogP contribution is -2.43. The van der Waals surface area contributed by atoms with Gasteiger partial charge in [-0.1, -0.05) is 6.58 Å². The molecule has 3 rings (SSSR count). The van der Waals surface area contributed by atoms with E-state index in [1.165, 1.54) is 0 Å². The van der Waals surface area contributed by atoms with Gasteiger partial charge in [0.2, 0.25) is 0 Å². The number of hydrogen-bond acceptors (Lipinski definition) is 5. The topological polar surface area (TPSA) is 61.3 Å². The molecule has 1 aliphatic heterocycles. The predicted octanol–water partition coefficient (Wildman–Crippen LogP) is 2.29. The fourth-order valence-corrected chi connectivity index (χ4v) is 3.09. The van der Waals surface area contributed by atoms with E-state index in [4.69, 9.17) is 0 Å². The van der Waals surface area contributed by atoms with Crippen LogP contribution in [-0.2, 0) is 0 Å². The molecular formula is C13H17BrN4O. The molecular weight excluding hydrogens is 310 g/mol. The van der Waals surface area contributed by atoms with Crippen molar-refractivity contribution in [2.75, 3.05) is 16.8 Å². The smallest absolute Gasteiger partial charge is 0.177 e. The van der Waals surface area contributed by atoms with Crippen molar-refractivity contribution >= 4 is 27.6 Å². The van der Waals surface area contributed by atoms with Crippen LogP contribution in [0.25, 0.3) is 0 Å². The first-order chi connectivity index (χ1) is 9.15. The van der Waals surface area contributed by atoms with Gasteiger partial charge in [-0.2, -0.15) is 0 Å². The summed E-state index contributed by atoms with van der Waals surface area (Å²) in [6.07, 6.45) is 5.17. The molecule has 102 valence electrons. The van der Waals surface area contributed by atoms with E-state index in [0.29, 0.717) is 12.6 Å². The quantitative estimate of drug-likeness (QED) is 0.775. The molecule has 1 saturated carbocycles. The van der Waals surface area contributed by atoms with Gasteiger partial charge in [0.1, 0.15) is 4.60 Å². The molecule has 0 aromatic carbocycles. The number of hydrogen-bond donors (Lipinski definition) is 2. The number of aliphatic hydroxyl groups excluding tert-OH is 1. The molecule has 0 atom stereocenters. The van der Waals surface area contributed by atoms with Crippen LogP contribution in [0.15, 0.2) is 23.1 Å². The van der Waals surface area contributed by atoms with Crippen molar-refractivity contribution in [1.82, 2.24) is 9.97 Å². The number of anilines is 2. The first-order valence-electron chi connectivity index (χ1n) is 6.56. The number of nitrogens with one attached hydrogen (secondary N) is 1. The van der Waals surface area contributed by atoms with E-state index in [1.54, 1.807) is 6.20 Å². The highest BCUT2D eigenvalue weighted by Gasteiger charge is 2.31. The number of rotatable bonds is 1. The summed E-state index contributed by atoms with van der Waals surface area (Å²) in [5.74, 6) is 1.65. The van der Waals surface area contributed by atoms with Crippen molar-refractivity contribution < 1.29 is 5.11 Å². The Morgan fingerprint density at radius 1 is 1.37 bits per heavy atom. The van der Waals surface area contributed by atoms with E-state index in [-0.39, 0.29) is 6.10 Å². The van der Waals surface area contributed by atoms with E-state index in [2.05, 4.69) is 42.7 Å². The normalized spacial score (nSPS) is 26.8. The average molecular weight is 327 g/mol. The summed E-state index contributed by atoms with van der Waals surface area (Å²) in [5.41, 5.74) is 1.02. The fraction of sp³-hybridized carbons (Fsp3) is 0.538. The Morgan fingerprint density at radius 2 is 2.11 bits per heavy atom. The second kappa shape index (κ2) is 5.09. The third-order valence-electron chi connectivity index (χ3n) is 3.78. The van der Waals surface area contributed by atoms with Crippen LogP contribution in [0.1, 0.15) is 25.7 Å². The van der Waals surface area contributed by atoms with Gasteiger partial charge in [0, 0.05) is 11.7 Å². The molecule has 0 saturated heterocycles. The molecule has 0 unspecified atom stereocenters. The van der Waals surface area contributed by atoms with Crippen LogP contribution in [-0.4, -0.2) is 33.8 Å². The molecule has 1 aromatic heterocycles. The van der Waals surface area contributed by atoms with Gasteiger partial charge in [-0.25, -0.2) is 9.97 Å². The lowest BCUT2D eigenvalue weighted by molar-refractivity contribution is 0.122. The number of aromatic nitrogens is 2. The minimum Gasteiger partial charge on any atom is -0.393 e. The maximum absolute atomic E-state index is 9.64. The van der Waals surface area contributed by atoms with Crippen LogP contribution >= 0.6 is 15.9 Å². The number of fused-ring (bicyclic) bond motifs is 1. The van der Waals surface area contributed by atoms with Gasteiger partial charge >= 0.3 is 0 Å². The standard InChI is InChI=1S/C13H17BrN4O/c1-8-6-15-12-13(17-11(14)7-16-12)18(8)9-2-4-10(19)5-3-9/h7,9-10,19H,1-6H2,(H,15,16)/t9-,10-/i6+1,8+1. The van der Waals surface area contributed by atoms with Crippen LogP contribution in [0, 0.1) is 0 Å². The van der Waals surface area contributed by atoms with Gasteiger partial charge in [0.05, 0.1) is 18.8 Å². The Bertz CT molecular complexity index is 499. The van der Waals surface area contributed by atoms with Crippen molar-refractivity contribution in [3.8, 4) is 0 Å². The summed E-state index contributed by atoms with van der Waals surface area (Å²) < 4.78 is 0.726. The fourth-order valence-electron chi connectivity index (χ4n) is 2.82. The van der Waals surface area contributed by atoms with E-state index < -0.39 is 0 Å². The van der Waals surface area contributed by atoms with Crippen LogP contribution in [0.4, 0.5) is 11.6 Å². The predicted molar refractivity (Wildman–Crippen MR) is 78.1 cm³/mol. The maximum atomic E-state index is 9.64.